The van der Waals surface area contributed by atoms with Crippen molar-refractivity contribution in [2.45, 2.75) is 12.5 Å². The molecule has 1 amide bonds. The van der Waals surface area contributed by atoms with Crippen molar-refractivity contribution in [3.05, 3.63) is 58.2 Å². The Labute approximate surface area is 140 Å². The van der Waals surface area contributed by atoms with Gasteiger partial charge >= 0.3 is 0 Å². The van der Waals surface area contributed by atoms with Crippen LogP contribution in [-0.4, -0.2) is 35.0 Å². The Morgan fingerprint density at radius 1 is 1.30 bits per heavy atom. The molecule has 1 saturated heterocycles. The summed E-state index contributed by atoms with van der Waals surface area (Å²) >= 11 is 3.35. The molecule has 1 aliphatic heterocycles. The van der Waals surface area contributed by atoms with Crippen LogP contribution < -0.4 is 4.74 Å². The highest BCUT2D eigenvalue weighted by Gasteiger charge is 2.29. The molecule has 7 heteroatoms. The molecule has 0 spiro atoms. The fourth-order valence-corrected chi connectivity index (χ4v) is 2.78. The number of benzene rings is 1. The average Bonchev–Trinajstić information content (AvgIpc) is 3.00. The quantitative estimate of drug-likeness (QED) is 0.816. The third-order valence-corrected chi connectivity index (χ3v) is 4.21. The van der Waals surface area contributed by atoms with Gasteiger partial charge in [-0.2, -0.15) is 0 Å². The molecule has 0 aliphatic carbocycles. The zero-order chi connectivity index (χ0) is 16.4. The number of pyridine rings is 1. The number of hydrogen-bond acceptors (Lipinski definition) is 3. The summed E-state index contributed by atoms with van der Waals surface area (Å²) in [6, 6.07) is 6.76. The van der Waals surface area contributed by atoms with Crippen LogP contribution in [0.15, 0.2) is 41.0 Å². The van der Waals surface area contributed by atoms with E-state index in [-0.39, 0.29) is 17.6 Å². The molecule has 0 N–H and O–H groups in total. The van der Waals surface area contributed by atoms with Gasteiger partial charge in [-0.1, -0.05) is 0 Å². The zero-order valence-electron chi connectivity index (χ0n) is 12.0. The van der Waals surface area contributed by atoms with Crippen molar-refractivity contribution in [3.8, 4) is 5.88 Å². The lowest BCUT2D eigenvalue weighted by molar-refractivity contribution is 0.0770. The van der Waals surface area contributed by atoms with Gasteiger partial charge in [0.05, 0.1) is 11.0 Å². The van der Waals surface area contributed by atoms with Crippen molar-refractivity contribution in [1.29, 1.82) is 0 Å². The number of rotatable bonds is 3. The molecule has 1 fully saturated rings. The zero-order valence-corrected chi connectivity index (χ0v) is 13.6. The van der Waals surface area contributed by atoms with Crippen molar-refractivity contribution in [2.75, 3.05) is 13.1 Å². The van der Waals surface area contributed by atoms with E-state index in [0.717, 1.165) is 16.6 Å². The SMILES string of the molecule is O=C(c1ccc(F)c(F)c1)N1CC[C@H](Oc2ncccc2Br)C1. The first-order chi connectivity index (χ1) is 11.0. The predicted octanol–water partition coefficient (Wildman–Crippen LogP) is 3.42. The lowest BCUT2D eigenvalue weighted by Gasteiger charge is -2.17. The van der Waals surface area contributed by atoms with E-state index in [9.17, 15) is 13.6 Å². The van der Waals surface area contributed by atoms with Gasteiger partial charge in [0.25, 0.3) is 5.91 Å². The van der Waals surface area contributed by atoms with E-state index in [1.54, 1.807) is 17.2 Å². The van der Waals surface area contributed by atoms with E-state index < -0.39 is 11.6 Å². The van der Waals surface area contributed by atoms with Gasteiger partial charge < -0.3 is 9.64 Å². The summed E-state index contributed by atoms with van der Waals surface area (Å²) in [5.74, 6) is -1.86. The van der Waals surface area contributed by atoms with Gasteiger partial charge in [0, 0.05) is 24.7 Å². The van der Waals surface area contributed by atoms with Crippen molar-refractivity contribution < 1.29 is 18.3 Å². The van der Waals surface area contributed by atoms with Crippen LogP contribution in [0.4, 0.5) is 8.78 Å². The number of ether oxygens (including phenoxy) is 1. The van der Waals surface area contributed by atoms with Crippen LogP contribution in [0.25, 0.3) is 0 Å². The second-order valence-corrected chi connectivity index (χ2v) is 6.05. The monoisotopic (exact) mass is 382 g/mol. The van der Waals surface area contributed by atoms with Crippen LogP contribution >= 0.6 is 15.9 Å². The molecular weight excluding hydrogens is 370 g/mol. The molecule has 1 aromatic carbocycles. The van der Waals surface area contributed by atoms with Crippen molar-refractivity contribution >= 4 is 21.8 Å². The highest BCUT2D eigenvalue weighted by atomic mass is 79.9. The van der Waals surface area contributed by atoms with E-state index in [0.29, 0.717) is 25.4 Å². The van der Waals surface area contributed by atoms with Crippen LogP contribution in [0.2, 0.25) is 0 Å². The fourth-order valence-electron chi connectivity index (χ4n) is 2.44. The maximum Gasteiger partial charge on any atom is 0.254 e. The minimum Gasteiger partial charge on any atom is -0.472 e. The molecule has 1 aliphatic rings. The Morgan fingerprint density at radius 3 is 2.87 bits per heavy atom. The summed E-state index contributed by atoms with van der Waals surface area (Å²) in [6.45, 7) is 0.869. The van der Waals surface area contributed by atoms with E-state index in [1.165, 1.54) is 6.07 Å². The van der Waals surface area contributed by atoms with E-state index in [1.807, 2.05) is 6.07 Å². The van der Waals surface area contributed by atoms with Gasteiger partial charge in [-0.3, -0.25) is 4.79 Å². The first kappa shape index (κ1) is 15.9. The normalized spacial score (nSPS) is 17.3. The topological polar surface area (TPSA) is 42.4 Å². The van der Waals surface area contributed by atoms with Gasteiger partial charge in [0.15, 0.2) is 11.6 Å². The molecule has 0 radical (unpaired) electrons. The molecule has 0 bridgehead atoms. The molecule has 0 unspecified atom stereocenters. The summed E-state index contributed by atoms with van der Waals surface area (Å²) in [5.41, 5.74) is 0.128. The number of aromatic nitrogens is 1. The maximum absolute atomic E-state index is 13.3. The number of amides is 1. The van der Waals surface area contributed by atoms with E-state index in [4.69, 9.17) is 4.74 Å². The highest BCUT2D eigenvalue weighted by molar-refractivity contribution is 9.10. The first-order valence-electron chi connectivity index (χ1n) is 7.06. The Balaban J connectivity index is 1.66. The summed E-state index contributed by atoms with van der Waals surface area (Å²) in [4.78, 5) is 18.0. The number of carbonyl (C=O) groups is 1. The van der Waals surface area contributed by atoms with E-state index >= 15 is 0 Å². The van der Waals surface area contributed by atoms with Crippen molar-refractivity contribution in [3.63, 3.8) is 0 Å². The van der Waals surface area contributed by atoms with Crippen LogP contribution in [0.1, 0.15) is 16.8 Å². The van der Waals surface area contributed by atoms with Gasteiger partial charge in [-0.25, -0.2) is 13.8 Å². The predicted molar refractivity (Wildman–Crippen MR) is 83.2 cm³/mol. The maximum atomic E-state index is 13.3. The van der Waals surface area contributed by atoms with Gasteiger partial charge in [-0.05, 0) is 46.3 Å². The summed E-state index contributed by atoms with van der Waals surface area (Å²) in [5, 5.41) is 0. The van der Waals surface area contributed by atoms with Crippen LogP contribution in [0.3, 0.4) is 0 Å². The third kappa shape index (κ3) is 3.50. The first-order valence-corrected chi connectivity index (χ1v) is 7.85. The minimum absolute atomic E-state index is 0.128. The average molecular weight is 383 g/mol. The summed E-state index contributed by atoms with van der Waals surface area (Å²) < 4.78 is 32.7. The third-order valence-electron chi connectivity index (χ3n) is 3.60. The van der Waals surface area contributed by atoms with Crippen molar-refractivity contribution in [1.82, 2.24) is 9.88 Å². The van der Waals surface area contributed by atoms with Gasteiger partial charge in [0.1, 0.15) is 6.10 Å². The molecule has 3 rings (SSSR count). The molecule has 1 atom stereocenters. The largest absolute Gasteiger partial charge is 0.472 e. The van der Waals surface area contributed by atoms with Crippen LogP contribution in [0.5, 0.6) is 5.88 Å². The smallest absolute Gasteiger partial charge is 0.254 e. The summed E-state index contributed by atoms with van der Waals surface area (Å²) in [7, 11) is 0. The molecular formula is C16H13BrF2N2O2. The van der Waals surface area contributed by atoms with Crippen molar-refractivity contribution in [2.24, 2.45) is 0 Å². The molecule has 120 valence electrons. The summed E-state index contributed by atoms with van der Waals surface area (Å²) in [6.07, 6.45) is 2.09. The molecule has 0 saturated carbocycles. The Kier molecular flexibility index (Phi) is 4.56. The van der Waals surface area contributed by atoms with Gasteiger partial charge in [0.2, 0.25) is 5.88 Å². The number of nitrogens with zero attached hydrogens (tertiary/aromatic N) is 2. The second kappa shape index (κ2) is 6.62. The van der Waals surface area contributed by atoms with Crippen LogP contribution in [-0.2, 0) is 0 Å². The Hall–Kier alpha value is -2.02. The number of halogens is 3. The lowest BCUT2D eigenvalue weighted by atomic mass is 10.2. The molecule has 4 nitrogen and oxygen atoms in total. The van der Waals surface area contributed by atoms with E-state index in [2.05, 4.69) is 20.9 Å². The number of likely N-dealkylation sites (tertiary alicyclic amines) is 1. The fraction of sp³-hybridized carbons (Fsp3) is 0.250. The lowest BCUT2D eigenvalue weighted by Crippen LogP contribution is -2.31. The standard InChI is InChI=1S/C16H13BrF2N2O2/c17-12-2-1-6-20-15(12)23-11-5-7-21(9-11)16(22)10-3-4-13(18)14(19)8-10/h1-4,6,8,11H,5,7,9H2/t11-/m0/s1. The Morgan fingerprint density at radius 2 is 2.13 bits per heavy atom. The molecule has 2 aromatic rings. The molecule has 1 aromatic heterocycles. The number of carbonyl (C=O) groups excluding carboxylic acids is 1. The van der Waals surface area contributed by atoms with Crippen LogP contribution in [0, 0.1) is 11.6 Å². The molecule has 23 heavy (non-hydrogen) atoms. The highest BCUT2D eigenvalue weighted by Crippen LogP contribution is 2.25. The minimum atomic E-state index is -1.03. The Bertz CT molecular complexity index is 742. The van der Waals surface area contributed by atoms with Gasteiger partial charge in [-0.15, -0.1) is 0 Å². The number of hydrogen-bond donors (Lipinski definition) is 0. The second-order valence-electron chi connectivity index (χ2n) is 5.20. The molecule has 2 heterocycles.